The summed E-state index contributed by atoms with van der Waals surface area (Å²) >= 11 is 0. The highest BCUT2D eigenvalue weighted by atomic mass is 16.5. The van der Waals surface area contributed by atoms with Gasteiger partial charge in [0.05, 0.1) is 30.6 Å². The Kier molecular flexibility index (Phi) is 6.74. The van der Waals surface area contributed by atoms with E-state index in [1.807, 2.05) is 20.0 Å². The topological polar surface area (TPSA) is 79.6 Å². The fourth-order valence-corrected chi connectivity index (χ4v) is 5.22. The van der Waals surface area contributed by atoms with Crippen molar-refractivity contribution in [2.45, 2.75) is 50.2 Å². The van der Waals surface area contributed by atoms with Crippen LogP contribution in [0.2, 0.25) is 0 Å². The Morgan fingerprint density at radius 3 is 2.61 bits per heavy atom. The Bertz CT molecular complexity index is 878. The number of nitrogens with zero attached hydrogens (tertiary/aromatic N) is 3. The quantitative estimate of drug-likeness (QED) is 0.716. The third-order valence-electron chi connectivity index (χ3n) is 7.03. The number of aromatic nitrogens is 2. The van der Waals surface area contributed by atoms with Gasteiger partial charge in [0.15, 0.2) is 0 Å². The molecule has 0 bridgehead atoms. The van der Waals surface area contributed by atoms with Gasteiger partial charge in [-0.2, -0.15) is 5.10 Å². The molecule has 1 saturated heterocycles. The minimum absolute atomic E-state index is 0.0876. The smallest absolute Gasteiger partial charge is 0.254 e. The zero-order valence-electron chi connectivity index (χ0n) is 18.6. The zero-order chi connectivity index (χ0) is 21.8. The second kappa shape index (κ2) is 9.51. The molecular formula is C24H34N4O3. The Morgan fingerprint density at radius 1 is 1.23 bits per heavy atom. The molecule has 4 rings (SSSR count). The van der Waals surface area contributed by atoms with Crippen LogP contribution in [-0.4, -0.2) is 70.7 Å². The molecule has 2 aromatic rings. The third kappa shape index (κ3) is 4.84. The molecule has 2 heterocycles. The van der Waals surface area contributed by atoms with Crippen LogP contribution in [0.15, 0.2) is 36.5 Å². The van der Waals surface area contributed by atoms with Gasteiger partial charge in [-0.05, 0) is 38.2 Å². The molecule has 1 aromatic carbocycles. The summed E-state index contributed by atoms with van der Waals surface area (Å²) in [6.45, 7) is 5.61. The second-order valence-electron chi connectivity index (χ2n) is 8.99. The summed E-state index contributed by atoms with van der Waals surface area (Å²) < 4.78 is 7.18. The average molecular weight is 427 g/mol. The molecule has 7 heteroatoms. The van der Waals surface area contributed by atoms with E-state index in [0.29, 0.717) is 12.1 Å². The lowest BCUT2D eigenvalue weighted by molar-refractivity contribution is -0.0236. The lowest BCUT2D eigenvalue weighted by atomic mass is 9.74. The predicted octanol–water partition coefficient (Wildman–Crippen LogP) is 2.03. The van der Waals surface area contributed by atoms with Crippen molar-refractivity contribution in [1.82, 2.24) is 20.0 Å². The van der Waals surface area contributed by atoms with Crippen LogP contribution in [0.5, 0.6) is 0 Å². The number of carbonyl (C=O) groups excluding carboxylic acids is 1. The van der Waals surface area contributed by atoms with Crippen LogP contribution >= 0.6 is 0 Å². The first-order valence-corrected chi connectivity index (χ1v) is 11.3. The minimum Gasteiger partial charge on any atom is -0.391 e. The molecule has 2 fully saturated rings. The number of aliphatic hydroxyl groups excluding tert-OH is 1. The van der Waals surface area contributed by atoms with E-state index in [1.54, 1.807) is 10.9 Å². The van der Waals surface area contributed by atoms with E-state index in [4.69, 9.17) is 4.74 Å². The molecule has 1 aliphatic carbocycles. The van der Waals surface area contributed by atoms with E-state index in [2.05, 4.69) is 39.6 Å². The van der Waals surface area contributed by atoms with Crippen LogP contribution in [0.4, 0.5) is 0 Å². The molecule has 168 valence electrons. The van der Waals surface area contributed by atoms with Crippen molar-refractivity contribution in [1.29, 1.82) is 0 Å². The fraction of sp³-hybridized carbons (Fsp3) is 0.583. The van der Waals surface area contributed by atoms with Gasteiger partial charge in [0.1, 0.15) is 0 Å². The van der Waals surface area contributed by atoms with Gasteiger partial charge in [-0.3, -0.25) is 14.4 Å². The molecular weight excluding hydrogens is 392 g/mol. The summed E-state index contributed by atoms with van der Waals surface area (Å²) in [6, 6.07) is 10.6. The fourth-order valence-electron chi connectivity index (χ4n) is 5.22. The van der Waals surface area contributed by atoms with Gasteiger partial charge >= 0.3 is 0 Å². The first kappa shape index (κ1) is 22.0. The molecule has 0 radical (unpaired) electrons. The van der Waals surface area contributed by atoms with Crippen molar-refractivity contribution in [2.75, 3.05) is 32.8 Å². The van der Waals surface area contributed by atoms with E-state index in [-0.39, 0.29) is 23.5 Å². The number of rotatable bonds is 5. The molecule has 2 aliphatic rings. The maximum absolute atomic E-state index is 12.9. The standard InChI is InChI=1S/C24H34N4O3/c1-18-20(16-27(2)26-18)23(30)25-17-24(19-6-4-3-5-7-19)10-8-21(22(29)9-11-24)28-12-14-31-15-13-28/h3-7,16,21-22,29H,8-15,17H2,1-2H3,(H,25,30)/t21-,22-,24+/m0/s1. The highest BCUT2D eigenvalue weighted by molar-refractivity contribution is 5.95. The largest absolute Gasteiger partial charge is 0.391 e. The SMILES string of the molecule is Cc1nn(C)cc1C(=O)NC[C@]1(c2ccccc2)CC[C@H](O)[C@@H](N2CCOCC2)CC1. The summed E-state index contributed by atoms with van der Waals surface area (Å²) in [5, 5.41) is 18.5. The minimum atomic E-state index is -0.361. The normalized spacial score (nSPS) is 27.6. The first-order chi connectivity index (χ1) is 15.0. The van der Waals surface area contributed by atoms with Gasteiger partial charge in [-0.15, -0.1) is 0 Å². The number of benzene rings is 1. The summed E-state index contributed by atoms with van der Waals surface area (Å²) in [4.78, 5) is 15.3. The van der Waals surface area contributed by atoms with Crippen LogP contribution in [0.3, 0.4) is 0 Å². The molecule has 1 aliphatic heterocycles. The highest BCUT2D eigenvalue weighted by Gasteiger charge is 2.40. The maximum Gasteiger partial charge on any atom is 0.254 e. The molecule has 1 amide bonds. The van der Waals surface area contributed by atoms with Crippen molar-refractivity contribution >= 4 is 5.91 Å². The van der Waals surface area contributed by atoms with Crippen molar-refractivity contribution in [2.24, 2.45) is 7.05 Å². The molecule has 0 spiro atoms. The summed E-state index contributed by atoms with van der Waals surface area (Å²) in [5.74, 6) is -0.0876. The number of amides is 1. The van der Waals surface area contributed by atoms with E-state index < -0.39 is 0 Å². The number of hydrogen-bond donors (Lipinski definition) is 2. The summed E-state index contributed by atoms with van der Waals surface area (Å²) in [6.07, 6.45) is 4.79. The van der Waals surface area contributed by atoms with Crippen molar-refractivity contribution in [3.63, 3.8) is 0 Å². The van der Waals surface area contributed by atoms with E-state index in [9.17, 15) is 9.90 Å². The number of aliphatic hydroxyl groups is 1. The van der Waals surface area contributed by atoms with E-state index in [0.717, 1.165) is 57.7 Å². The van der Waals surface area contributed by atoms with Crippen molar-refractivity contribution < 1.29 is 14.6 Å². The molecule has 2 N–H and O–H groups in total. The number of hydrogen-bond acceptors (Lipinski definition) is 5. The Morgan fingerprint density at radius 2 is 1.94 bits per heavy atom. The Labute approximate surface area is 184 Å². The number of nitrogens with one attached hydrogen (secondary N) is 1. The van der Waals surface area contributed by atoms with Gasteiger partial charge in [0.2, 0.25) is 0 Å². The maximum atomic E-state index is 12.9. The van der Waals surface area contributed by atoms with Gasteiger partial charge in [-0.1, -0.05) is 30.3 Å². The number of aryl methyl sites for hydroxylation is 2. The molecule has 0 unspecified atom stereocenters. The van der Waals surface area contributed by atoms with Crippen LogP contribution in [-0.2, 0) is 17.2 Å². The molecule has 1 aromatic heterocycles. The average Bonchev–Trinajstić information content (AvgIpc) is 3.04. The Hall–Kier alpha value is -2.22. The number of ether oxygens (including phenoxy) is 1. The molecule has 7 nitrogen and oxygen atoms in total. The van der Waals surface area contributed by atoms with E-state index >= 15 is 0 Å². The highest BCUT2D eigenvalue weighted by Crippen LogP contribution is 2.39. The van der Waals surface area contributed by atoms with Gasteiger partial charge in [0, 0.05) is 44.3 Å². The molecule has 3 atom stereocenters. The van der Waals surface area contributed by atoms with Crippen LogP contribution in [0, 0.1) is 6.92 Å². The number of morpholine rings is 1. The Balaban J connectivity index is 1.54. The zero-order valence-corrected chi connectivity index (χ0v) is 18.6. The summed E-state index contributed by atoms with van der Waals surface area (Å²) in [7, 11) is 1.83. The van der Waals surface area contributed by atoms with Crippen molar-refractivity contribution in [3.05, 3.63) is 53.3 Å². The second-order valence-corrected chi connectivity index (χ2v) is 8.99. The lowest BCUT2D eigenvalue weighted by Gasteiger charge is -2.37. The van der Waals surface area contributed by atoms with Gasteiger partial charge in [0.25, 0.3) is 5.91 Å². The van der Waals surface area contributed by atoms with Gasteiger partial charge in [-0.25, -0.2) is 0 Å². The van der Waals surface area contributed by atoms with Gasteiger partial charge < -0.3 is 15.2 Å². The van der Waals surface area contributed by atoms with Crippen molar-refractivity contribution in [3.8, 4) is 0 Å². The predicted molar refractivity (Wildman–Crippen MR) is 119 cm³/mol. The summed E-state index contributed by atoms with van der Waals surface area (Å²) in [5.41, 5.74) is 2.38. The lowest BCUT2D eigenvalue weighted by Crippen LogP contribution is -2.48. The van der Waals surface area contributed by atoms with Crippen LogP contribution < -0.4 is 5.32 Å². The third-order valence-corrected chi connectivity index (χ3v) is 7.03. The molecule has 31 heavy (non-hydrogen) atoms. The van der Waals surface area contributed by atoms with Crippen LogP contribution in [0.1, 0.15) is 47.3 Å². The van der Waals surface area contributed by atoms with E-state index in [1.165, 1.54) is 5.56 Å². The first-order valence-electron chi connectivity index (χ1n) is 11.3. The van der Waals surface area contributed by atoms with Crippen LogP contribution in [0.25, 0.3) is 0 Å². The molecule has 1 saturated carbocycles. The number of carbonyl (C=O) groups is 1. The monoisotopic (exact) mass is 426 g/mol.